The molecular weight excluding hydrogens is 506 g/mol. The van der Waals surface area contributed by atoms with Gasteiger partial charge in [0.2, 0.25) is 11.8 Å². The van der Waals surface area contributed by atoms with Crippen molar-refractivity contribution in [3.05, 3.63) is 107 Å². The lowest BCUT2D eigenvalue weighted by atomic mass is 9.86. The molecule has 1 aliphatic heterocycles. The van der Waals surface area contributed by atoms with Gasteiger partial charge in [-0.15, -0.1) is 0 Å². The van der Waals surface area contributed by atoms with E-state index in [1.54, 1.807) is 31.2 Å². The average molecular weight is 542 g/mol. The van der Waals surface area contributed by atoms with E-state index in [0.717, 1.165) is 24.1 Å². The SMILES string of the molecule is CC(NC(=O)[C@H]1C[C@@H](c2ccccc2)CCN1)C(=O)NCc1ccc(C(N)=NC(=O)OCc2ccccc2)cc1. The van der Waals surface area contributed by atoms with E-state index in [9.17, 15) is 14.4 Å². The fourth-order valence-electron chi connectivity index (χ4n) is 4.57. The molecule has 9 nitrogen and oxygen atoms in total. The predicted octanol–water partition coefficient (Wildman–Crippen LogP) is 3.39. The standard InChI is InChI=1S/C31H35N5O4/c1-21(35-30(38)27-18-26(16-17-33-27)24-10-6-3-7-11-24)29(37)34-19-22-12-14-25(15-13-22)28(32)36-31(39)40-20-23-8-4-2-5-9-23/h2-15,21,26-27,33H,16-20H2,1H3,(H,34,37)(H,35,38)(H2,32,36,39)/t21?,26-,27+/m0/s1. The van der Waals surface area contributed by atoms with Crippen LogP contribution in [0.3, 0.4) is 0 Å². The topological polar surface area (TPSA) is 135 Å². The maximum absolute atomic E-state index is 12.8. The Morgan fingerprint density at radius 1 is 0.975 bits per heavy atom. The summed E-state index contributed by atoms with van der Waals surface area (Å²) < 4.78 is 5.13. The number of carbonyl (C=O) groups excluding carboxylic acids is 3. The van der Waals surface area contributed by atoms with Gasteiger partial charge in [0.1, 0.15) is 18.5 Å². The molecular formula is C31H35N5O4. The molecule has 1 saturated heterocycles. The molecule has 1 aliphatic rings. The van der Waals surface area contributed by atoms with E-state index < -0.39 is 12.1 Å². The van der Waals surface area contributed by atoms with Crippen molar-refractivity contribution in [3.63, 3.8) is 0 Å². The van der Waals surface area contributed by atoms with Crippen LogP contribution in [0.25, 0.3) is 0 Å². The Bertz CT molecular complexity index is 1310. The number of ether oxygens (including phenoxy) is 1. The van der Waals surface area contributed by atoms with Crippen LogP contribution in [0.5, 0.6) is 0 Å². The molecule has 5 N–H and O–H groups in total. The summed E-state index contributed by atoms with van der Waals surface area (Å²) in [6.07, 6.45) is 0.888. The van der Waals surface area contributed by atoms with E-state index >= 15 is 0 Å². The second kappa shape index (κ2) is 14.0. The van der Waals surface area contributed by atoms with Crippen LogP contribution in [0.2, 0.25) is 0 Å². The van der Waals surface area contributed by atoms with Gasteiger partial charge >= 0.3 is 6.09 Å². The number of hydrogen-bond donors (Lipinski definition) is 4. The monoisotopic (exact) mass is 541 g/mol. The van der Waals surface area contributed by atoms with Crippen LogP contribution < -0.4 is 21.7 Å². The molecule has 3 aromatic carbocycles. The average Bonchev–Trinajstić information content (AvgIpc) is 3.00. The van der Waals surface area contributed by atoms with Gasteiger partial charge in [-0.3, -0.25) is 9.59 Å². The Morgan fingerprint density at radius 2 is 1.65 bits per heavy atom. The maximum atomic E-state index is 12.8. The summed E-state index contributed by atoms with van der Waals surface area (Å²) in [5.41, 5.74) is 9.43. The van der Waals surface area contributed by atoms with Crippen LogP contribution in [0.15, 0.2) is 89.9 Å². The first kappa shape index (κ1) is 28.5. The van der Waals surface area contributed by atoms with Gasteiger partial charge in [-0.1, -0.05) is 84.9 Å². The van der Waals surface area contributed by atoms with Gasteiger partial charge in [-0.2, -0.15) is 4.99 Å². The van der Waals surface area contributed by atoms with E-state index in [1.807, 2.05) is 48.5 Å². The molecule has 1 heterocycles. The number of carbonyl (C=O) groups is 3. The van der Waals surface area contributed by atoms with Gasteiger partial charge in [0, 0.05) is 12.1 Å². The van der Waals surface area contributed by atoms with Crippen LogP contribution in [0, 0.1) is 0 Å². The van der Waals surface area contributed by atoms with Crippen molar-refractivity contribution in [1.29, 1.82) is 0 Å². The van der Waals surface area contributed by atoms with Gasteiger partial charge in [0.05, 0.1) is 6.04 Å². The summed E-state index contributed by atoms with van der Waals surface area (Å²) in [6.45, 7) is 2.80. The molecule has 0 aliphatic carbocycles. The lowest BCUT2D eigenvalue weighted by Crippen LogP contribution is -2.53. The molecule has 1 fully saturated rings. The zero-order valence-corrected chi connectivity index (χ0v) is 22.5. The number of benzene rings is 3. The third-order valence-electron chi connectivity index (χ3n) is 6.88. The zero-order valence-electron chi connectivity index (χ0n) is 22.5. The molecule has 208 valence electrons. The number of nitrogens with two attached hydrogens (primary N) is 1. The second-order valence-corrected chi connectivity index (χ2v) is 9.82. The van der Waals surface area contributed by atoms with Crippen molar-refractivity contribution < 1.29 is 19.1 Å². The van der Waals surface area contributed by atoms with Gasteiger partial charge in [-0.05, 0) is 48.9 Å². The third-order valence-corrected chi connectivity index (χ3v) is 6.88. The van der Waals surface area contributed by atoms with Crippen LogP contribution in [-0.2, 0) is 27.5 Å². The lowest BCUT2D eigenvalue weighted by molar-refractivity contribution is -0.130. The Balaban J connectivity index is 1.21. The molecule has 1 unspecified atom stereocenters. The Morgan fingerprint density at radius 3 is 2.35 bits per heavy atom. The van der Waals surface area contributed by atoms with Crippen molar-refractivity contribution in [2.75, 3.05) is 6.54 Å². The first-order valence-corrected chi connectivity index (χ1v) is 13.4. The van der Waals surface area contributed by atoms with Crippen molar-refractivity contribution in [2.45, 2.75) is 50.9 Å². The first-order chi connectivity index (χ1) is 19.4. The molecule has 9 heteroatoms. The fraction of sp³-hybridized carbons (Fsp3) is 0.290. The summed E-state index contributed by atoms with van der Waals surface area (Å²) in [5, 5.41) is 8.94. The van der Waals surface area contributed by atoms with Gasteiger partial charge in [0.15, 0.2) is 0 Å². The minimum Gasteiger partial charge on any atom is -0.443 e. The maximum Gasteiger partial charge on any atom is 0.435 e. The van der Waals surface area contributed by atoms with Crippen LogP contribution in [0.1, 0.15) is 47.9 Å². The minimum atomic E-state index is -0.771. The third kappa shape index (κ3) is 8.25. The number of nitrogens with zero attached hydrogens (tertiary/aromatic N) is 1. The zero-order chi connectivity index (χ0) is 28.3. The molecule has 3 amide bonds. The van der Waals surface area contributed by atoms with Crippen molar-refractivity contribution in [2.24, 2.45) is 10.7 Å². The van der Waals surface area contributed by atoms with Crippen molar-refractivity contribution in [3.8, 4) is 0 Å². The number of nitrogens with one attached hydrogen (secondary N) is 3. The lowest BCUT2D eigenvalue weighted by Gasteiger charge is -2.30. The summed E-state index contributed by atoms with van der Waals surface area (Å²) in [6, 6.07) is 25.5. The van der Waals surface area contributed by atoms with Gasteiger partial charge < -0.3 is 26.4 Å². The number of amides is 3. The van der Waals surface area contributed by atoms with Crippen LogP contribution in [-0.4, -0.2) is 42.4 Å². The first-order valence-electron chi connectivity index (χ1n) is 13.4. The molecule has 40 heavy (non-hydrogen) atoms. The highest BCUT2D eigenvalue weighted by molar-refractivity contribution is 6.02. The van der Waals surface area contributed by atoms with E-state index in [2.05, 4.69) is 33.1 Å². The summed E-state index contributed by atoms with van der Waals surface area (Å²) in [4.78, 5) is 41.3. The highest BCUT2D eigenvalue weighted by Gasteiger charge is 2.29. The Kier molecular flexibility index (Phi) is 10.0. The fourth-order valence-corrected chi connectivity index (χ4v) is 4.57. The molecule has 0 bridgehead atoms. The quantitative estimate of drug-likeness (QED) is 0.242. The molecule has 0 aromatic heterocycles. The number of aliphatic imine (C=N–C) groups is 1. The van der Waals surface area contributed by atoms with Crippen LogP contribution >= 0.6 is 0 Å². The predicted molar refractivity (Wildman–Crippen MR) is 153 cm³/mol. The summed E-state index contributed by atoms with van der Waals surface area (Å²) in [7, 11) is 0. The second-order valence-electron chi connectivity index (χ2n) is 9.82. The number of rotatable bonds is 9. The minimum absolute atomic E-state index is 0.0378. The van der Waals surface area contributed by atoms with Gasteiger partial charge in [0.25, 0.3) is 0 Å². The summed E-state index contributed by atoms with van der Waals surface area (Å²) >= 11 is 0. The molecule has 3 aromatic rings. The van der Waals surface area contributed by atoms with E-state index in [4.69, 9.17) is 10.5 Å². The van der Waals surface area contributed by atoms with E-state index in [1.165, 1.54) is 5.56 Å². The summed E-state index contributed by atoms with van der Waals surface area (Å²) in [5.74, 6) is -0.111. The van der Waals surface area contributed by atoms with Crippen molar-refractivity contribution >= 4 is 23.7 Å². The molecule has 0 saturated carbocycles. The highest BCUT2D eigenvalue weighted by Crippen LogP contribution is 2.27. The molecule has 4 rings (SSSR count). The van der Waals surface area contributed by atoms with E-state index in [0.29, 0.717) is 17.9 Å². The molecule has 0 spiro atoms. The Labute approximate surface area is 234 Å². The molecule has 0 radical (unpaired) electrons. The highest BCUT2D eigenvalue weighted by atomic mass is 16.5. The van der Waals surface area contributed by atoms with Crippen molar-refractivity contribution in [1.82, 2.24) is 16.0 Å². The number of hydrogen-bond acceptors (Lipinski definition) is 5. The number of amidine groups is 1. The van der Waals surface area contributed by atoms with Gasteiger partial charge in [-0.25, -0.2) is 4.79 Å². The Hall–Kier alpha value is -4.50. The van der Waals surface area contributed by atoms with E-state index in [-0.39, 0.29) is 36.8 Å². The largest absolute Gasteiger partial charge is 0.443 e. The number of piperidine rings is 1. The smallest absolute Gasteiger partial charge is 0.435 e. The van der Waals surface area contributed by atoms with Crippen LogP contribution in [0.4, 0.5) is 4.79 Å². The normalized spacial score (nSPS) is 17.9. The molecule has 3 atom stereocenters.